The number of rotatable bonds is 6. The number of nitrogens with zero attached hydrogens (tertiary/aromatic N) is 4. The van der Waals surface area contributed by atoms with Gasteiger partial charge >= 0.3 is 0 Å². The predicted molar refractivity (Wildman–Crippen MR) is 162 cm³/mol. The van der Waals surface area contributed by atoms with Crippen LogP contribution in [0.1, 0.15) is 31.4 Å². The van der Waals surface area contributed by atoms with Crippen LogP contribution >= 0.6 is 0 Å². The zero-order chi connectivity index (χ0) is 32.6. The second-order valence-electron chi connectivity index (χ2n) is 12.8. The highest BCUT2D eigenvalue weighted by molar-refractivity contribution is 6.25. The summed E-state index contributed by atoms with van der Waals surface area (Å²) in [6.07, 6.45) is 0.0513. The molecule has 3 aliphatic carbocycles. The first-order chi connectivity index (χ1) is 19.7. The standard InChI is InChI=1S/C29H41N7O7/c1-27-10-13-15(35(5)6)9-14(33-26(31)32-12-34(3)4)19(37)16(13)20(38)18(27)24(41)29(43)23(40)17(25(30)42)21(39)22(36(7)8)28(29,2)11-27/h9,22,37-38,40,43H,10-12H2,1-8H3,(H2,30,42)(H3,31,32,33)/t22-,27+,28+,29-/m1/s1. The number of carbonyl (C=O) groups excluding carboxylic acids is 3. The minimum absolute atomic E-state index is 0.00379. The molecule has 0 bridgehead atoms. The lowest BCUT2D eigenvalue weighted by Gasteiger charge is -2.59. The zero-order valence-electron chi connectivity index (χ0n) is 25.7. The molecule has 0 saturated heterocycles. The number of aliphatic imine (C=N–C) groups is 1. The van der Waals surface area contributed by atoms with Gasteiger partial charge in [0.15, 0.2) is 17.3 Å². The van der Waals surface area contributed by atoms with Gasteiger partial charge in [-0.1, -0.05) is 13.8 Å². The molecule has 1 aromatic rings. The summed E-state index contributed by atoms with van der Waals surface area (Å²) < 4.78 is 0. The molecule has 4 atom stereocenters. The molecule has 0 radical (unpaired) electrons. The number of likely N-dealkylation sites (N-methyl/N-ethyl adjacent to an activating group) is 1. The van der Waals surface area contributed by atoms with Crippen LogP contribution in [0.15, 0.2) is 28.0 Å². The molecule has 1 fully saturated rings. The second-order valence-corrected chi connectivity index (χ2v) is 12.8. The van der Waals surface area contributed by atoms with Crippen LogP contribution in [0.25, 0.3) is 5.76 Å². The fraction of sp³-hybridized carbons (Fsp3) is 0.517. The number of phenols is 1. The summed E-state index contributed by atoms with van der Waals surface area (Å²) in [6.45, 7) is 3.49. The minimum Gasteiger partial charge on any atom is -0.508 e. The highest BCUT2D eigenvalue weighted by atomic mass is 16.3. The molecule has 234 valence electrons. The van der Waals surface area contributed by atoms with Crippen LogP contribution in [-0.4, -0.2) is 114 Å². The third-order valence-electron chi connectivity index (χ3n) is 8.88. The number of hydrogen-bond acceptors (Lipinski definition) is 11. The molecule has 9 N–H and O–H groups in total. The first-order valence-corrected chi connectivity index (χ1v) is 13.7. The molecule has 43 heavy (non-hydrogen) atoms. The van der Waals surface area contributed by atoms with Gasteiger partial charge in [-0.15, -0.1) is 0 Å². The number of ketones is 2. The maximum Gasteiger partial charge on any atom is 0.255 e. The third kappa shape index (κ3) is 4.43. The van der Waals surface area contributed by atoms with E-state index in [1.165, 1.54) is 11.8 Å². The fourth-order valence-electron chi connectivity index (χ4n) is 7.26. The lowest BCUT2D eigenvalue weighted by molar-refractivity contribution is -0.175. The molecule has 0 heterocycles. The number of phenolic OH excluding ortho intramolecular Hbond substituents is 1. The van der Waals surface area contributed by atoms with Gasteiger partial charge in [-0.3, -0.25) is 24.2 Å². The minimum atomic E-state index is -2.79. The van der Waals surface area contributed by atoms with Crippen LogP contribution < -0.4 is 21.7 Å². The normalized spacial score (nSPS) is 29.1. The summed E-state index contributed by atoms with van der Waals surface area (Å²) >= 11 is 0. The SMILES string of the molecule is CN(C)CN=C(N)Nc1cc(N(C)C)c2c(c1O)C(O)=C1C(=O)[C@]3(O)C(O)=C(C(N)=O)C(=O)[C@@H](N(C)C)[C@]3(C)C[C@]1(C)C2. The van der Waals surface area contributed by atoms with E-state index in [9.17, 15) is 34.8 Å². The molecule has 14 nitrogen and oxygen atoms in total. The number of fused-ring (bicyclic) bond motifs is 3. The number of benzene rings is 1. The summed E-state index contributed by atoms with van der Waals surface area (Å²) in [5.41, 5.74) is 5.91. The van der Waals surface area contributed by atoms with E-state index in [4.69, 9.17) is 11.5 Å². The van der Waals surface area contributed by atoms with E-state index in [0.29, 0.717) is 11.3 Å². The van der Waals surface area contributed by atoms with Crippen LogP contribution in [0.3, 0.4) is 0 Å². The molecule has 4 rings (SSSR count). The van der Waals surface area contributed by atoms with Crippen LogP contribution in [0.5, 0.6) is 5.75 Å². The molecule has 1 saturated carbocycles. The summed E-state index contributed by atoms with van der Waals surface area (Å²) in [7, 11) is 10.3. The molecular formula is C29H41N7O7. The third-order valence-corrected chi connectivity index (χ3v) is 8.88. The number of nitrogens with one attached hydrogen (secondary N) is 1. The molecule has 0 spiro atoms. The molecule has 0 aromatic heterocycles. The Balaban J connectivity index is 2.03. The van der Waals surface area contributed by atoms with E-state index in [0.717, 1.165) is 0 Å². The van der Waals surface area contributed by atoms with Crippen molar-refractivity contribution in [3.8, 4) is 5.75 Å². The Morgan fingerprint density at radius 3 is 2.21 bits per heavy atom. The van der Waals surface area contributed by atoms with Crippen molar-refractivity contribution in [1.29, 1.82) is 0 Å². The number of carbonyl (C=O) groups is 3. The topological polar surface area (TPSA) is 218 Å². The van der Waals surface area contributed by atoms with Crippen LogP contribution in [0.2, 0.25) is 0 Å². The maximum atomic E-state index is 14.4. The number of primary amides is 1. The van der Waals surface area contributed by atoms with E-state index < -0.39 is 62.8 Å². The molecule has 1 amide bonds. The number of aliphatic hydroxyl groups is 3. The van der Waals surface area contributed by atoms with Crippen LogP contribution in [0, 0.1) is 10.8 Å². The van der Waals surface area contributed by atoms with Crippen LogP contribution in [-0.2, 0) is 20.8 Å². The average Bonchev–Trinajstić information content (AvgIpc) is 2.85. The number of guanidine groups is 1. The zero-order valence-corrected chi connectivity index (χ0v) is 25.7. The van der Waals surface area contributed by atoms with Gasteiger partial charge in [0.25, 0.3) is 5.91 Å². The van der Waals surface area contributed by atoms with Gasteiger partial charge in [0.05, 0.1) is 24.0 Å². The molecule has 14 heteroatoms. The smallest absolute Gasteiger partial charge is 0.255 e. The van der Waals surface area contributed by atoms with E-state index >= 15 is 0 Å². The monoisotopic (exact) mass is 599 g/mol. The van der Waals surface area contributed by atoms with Gasteiger partial charge in [0, 0.05) is 36.2 Å². The van der Waals surface area contributed by atoms with Gasteiger partial charge in [-0.05, 0) is 52.7 Å². The van der Waals surface area contributed by atoms with Crippen molar-refractivity contribution in [2.45, 2.75) is 38.3 Å². The van der Waals surface area contributed by atoms with Gasteiger partial charge in [0.2, 0.25) is 5.78 Å². The number of aliphatic hydroxyl groups excluding tert-OH is 2. The van der Waals surface area contributed by atoms with Crippen molar-refractivity contribution >= 4 is 40.6 Å². The molecular weight excluding hydrogens is 558 g/mol. The van der Waals surface area contributed by atoms with E-state index in [1.807, 2.05) is 0 Å². The Bertz CT molecular complexity index is 1530. The molecule has 0 aliphatic heterocycles. The van der Waals surface area contributed by atoms with Gasteiger partial charge < -0.3 is 42.1 Å². The number of hydrogen-bond donors (Lipinski definition) is 7. The highest BCUT2D eigenvalue weighted by Gasteiger charge is 2.72. The average molecular weight is 600 g/mol. The Labute approximate surface area is 249 Å². The quantitative estimate of drug-likeness (QED) is 0.0999. The Morgan fingerprint density at radius 1 is 1.09 bits per heavy atom. The lowest BCUT2D eigenvalue weighted by Crippen LogP contribution is -2.72. The Kier molecular flexibility index (Phi) is 7.57. The Morgan fingerprint density at radius 2 is 1.70 bits per heavy atom. The van der Waals surface area contributed by atoms with Crippen LogP contribution in [0.4, 0.5) is 11.4 Å². The predicted octanol–water partition coefficient (Wildman–Crippen LogP) is 0.0559. The van der Waals surface area contributed by atoms with Crippen molar-refractivity contribution in [3.63, 3.8) is 0 Å². The number of Topliss-reactive ketones (excluding diaryl/α,β-unsaturated/α-hetero) is 2. The largest absolute Gasteiger partial charge is 0.508 e. The summed E-state index contributed by atoms with van der Waals surface area (Å²) in [6, 6.07) is 0.427. The van der Waals surface area contributed by atoms with Gasteiger partial charge in [-0.25, -0.2) is 4.99 Å². The van der Waals surface area contributed by atoms with Crippen molar-refractivity contribution in [1.82, 2.24) is 9.80 Å². The molecule has 1 aromatic carbocycles. The number of anilines is 2. The summed E-state index contributed by atoms with van der Waals surface area (Å²) in [4.78, 5) is 49.5. The van der Waals surface area contributed by atoms with Gasteiger partial charge in [-0.2, -0.15) is 0 Å². The summed E-state index contributed by atoms with van der Waals surface area (Å²) in [5, 5.41) is 49.4. The number of amides is 1. The first-order valence-electron chi connectivity index (χ1n) is 13.7. The van der Waals surface area contributed by atoms with Crippen molar-refractivity contribution < 1.29 is 34.8 Å². The second kappa shape index (κ2) is 10.2. The maximum absolute atomic E-state index is 14.4. The molecule has 3 aliphatic rings. The van der Waals surface area contributed by atoms with Crippen molar-refractivity contribution in [3.05, 3.63) is 34.1 Å². The van der Waals surface area contributed by atoms with E-state index in [1.54, 1.807) is 65.1 Å². The first kappa shape index (κ1) is 31.8. The fourth-order valence-corrected chi connectivity index (χ4v) is 7.26. The van der Waals surface area contributed by atoms with Crippen molar-refractivity contribution in [2.24, 2.45) is 27.3 Å². The lowest BCUT2D eigenvalue weighted by atomic mass is 9.46. The Hall–Kier alpha value is -4.14. The van der Waals surface area contributed by atoms with E-state index in [-0.39, 0.29) is 42.3 Å². The van der Waals surface area contributed by atoms with E-state index in [2.05, 4.69) is 10.3 Å². The van der Waals surface area contributed by atoms with Gasteiger partial charge in [0.1, 0.15) is 22.8 Å². The highest BCUT2D eigenvalue weighted by Crippen LogP contribution is 2.63. The molecule has 0 unspecified atom stereocenters. The number of aromatic hydroxyl groups is 1. The van der Waals surface area contributed by atoms with Crippen molar-refractivity contribution in [2.75, 3.05) is 59.2 Å². The number of nitrogens with two attached hydrogens (primary N) is 2. The summed E-state index contributed by atoms with van der Waals surface area (Å²) in [5.74, 6) is -5.38.